The third kappa shape index (κ3) is 8.56. The number of carbonyl (C=O) groups excluding carboxylic acids is 2. The van der Waals surface area contributed by atoms with Crippen LogP contribution in [0.4, 0.5) is 17.1 Å². The Morgan fingerprint density at radius 2 is 1.50 bits per heavy atom. The van der Waals surface area contributed by atoms with Gasteiger partial charge in [-0.1, -0.05) is 30.3 Å². The summed E-state index contributed by atoms with van der Waals surface area (Å²) in [5.41, 5.74) is 3.25. The number of ether oxygens (including phenoxy) is 1. The van der Waals surface area contributed by atoms with Crippen LogP contribution in [0, 0.1) is 0 Å². The predicted octanol–water partition coefficient (Wildman–Crippen LogP) is 2.83. The van der Waals surface area contributed by atoms with Gasteiger partial charge in [-0.3, -0.25) is 24.1 Å². The summed E-state index contributed by atoms with van der Waals surface area (Å²) in [4.78, 5) is 31.8. The fourth-order valence-electron chi connectivity index (χ4n) is 5.43. The average Bonchev–Trinajstić information content (AvgIpc) is 3.02. The van der Waals surface area contributed by atoms with Crippen LogP contribution in [0.2, 0.25) is 0 Å². The second-order valence-electron chi connectivity index (χ2n) is 11.0. The monoisotopic (exact) mass is 620 g/mol. The highest BCUT2D eigenvalue weighted by molar-refractivity contribution is 7.92. The zero-order chi connectivity index (χ0) is 30.9. The van der Waals surface area contributed by atoms with E-state index >= 15 is 0 Å². The van der Waals surface area contributed by atoms with Crippen molar-refractivity contribution in [3.05, 3.63) is 83.9 Å². The van der Waals surface area contributed by atoms with Gasteiger partial charge >= 0.3 is 0 Å². The summed E-state index contributed by atoms with van der Waals surface area (Å²) < 4.78 is 34.4. The molecule has 44 heavy (non-hydrogen) atoms. The number of amides is 2. The summed E-state index contributed by atoms with van der Waals surface area (Å²) in [6, 6.07) is 21.4. The van der Waals surface area contributed by atoms with E-state index in [2.05, 4.69) is 42.2 Å². The van der Waals surface area contributed by atoms with Gasteiger partial charge in [-0.2, -0.15) is 0 Å². The topological polar surface area (TPSA) is 123 Å². The Balaban J connectivity index is 1.31. The molecule has 11 nitrogen and oxygen atoms in total. The number of nitrogens with one attached hydrogen (secondary N) is 3. The molecule has 3 aromatic rings. The molecular weight excluding hydrogens is 580 g/mol. The third-order valence-electron chi connectivity index (χ3n) is 7.76. The van der Waals surface area contributed by atoms with Crippen LogP contribution in [-0.4, -0.2) is 95.6 Å². The van der Waals surface area contributed by atoms with Crippen molar-refractivity contribution in [3.8, 4) is 0 Å². The van der Waals surface area contributed by atoms with Gasteiger partial charge in [-0.15, -0.1) is 0 Å². The Morgan fingerprint density at radius 3 is 2.18 bits per heavy atom. The van der Waals surface area contributed by atoms with Gasteiger partial charge in [0.2, 0.25) is 5.91 Å². The van der Waals surface area contributed by atoms with Crippen molar-refractivity contribution in [1.82, 2.24) is 15.1 Å². The van der Waals surface area contributed by atoms with Crippen LogP contribution in [0.3, 0.4) is 0 Å². The minimum atomic E-state index is -3.94. The lowest BCUT2D eigenvalue weighted by atomic mass is 10.1. The van der Waals surface area contributed by atoms with E-state index in [4.69, 9.17) is 4.74 Å². The fourth-order valence-corrected chi connectivity index (χ4v) is 6.48. The number of morpholine rings is 1. The number of piperazine rings is 1. The molecule has 0 aromatic heterocycles. The van der Waals surface area contributed by atoms with Gasteiger partial charge in [0, 0.05) is 82.9 Å². The summed E-state index contributed by atoms with van der Waals surface area (Å²) >= 11 is 0. The molecule has 2 aliphatic rings. The SMILES string of the molecule is CC(=O)Nc1ccc(S(=O)(=O)Nc2ccc(N3CCN(Cc4ccccc4)CC3)c(C(=O)NCCN3CCOCC3)c2)cc1. The van der Waals surface area contributed by atoms with E-state index in [1.54, 1.807) is 12.1 Å². The van der Waals surface area contributed by atoms with Crippen LogP contribution in [0.5, 0.6) is 0 Å². The van der Waals surface area contributed by atoms with Gasteiger partial charge in [0.15, 0.2) is 0 Å². The third-order valence-corrected chi connectivity index (χ3v) is 9.15. The maximum Gasteiger partial charge on any atom is 0.261 e. The fraction of sp³-hybridized carbons (Fsp3) is 0.375. The van der Waals surface area contributed by atoms with Crippen LogP contribution in [0.25, 0.3) is 0 Å². The Morgan fingerprint density at radius 1 is 0.818 bits per heavy atom. The molecule has 3 aromatic carbocycles. The number of rotatable bonds is 11. The van der Waals surface area contributed by atoms with E-state index in [-0.39, 0.29) is 16.7 Å². The highest BCUT2D eigenvalue weighted by Gasteiger charge is 2.24. The largest absolute Gasteiger partial charge is 0.379 e. The highest BCUT2D eigenvalue weighted by Crippen LogP contribution is 2.28. The Bertz CT molecular complexity index is 1520. The second kappa shape index (κ2) is 14.7. The van der Waals surface area contributed by atoms with Gasteiger partial charge in [0.25, 0.3) is 15.9 Å². The minimum absolute atomic E-state index is 0.0433. The summed E-state index contributed by atoms with van der Waals surface area (Å²) in [7, 11) is -3.94. The molecule has 0 saturated carbocycles. The van der Waals surface area contributed by atoms with Crippen molar-refractivity contribution < 1.29 is 22.7 Å². The van der Waals surface area contributed by atoms with E-state index in [9.17, 15) is 18.0 Å². The normalized spacial score (nSPS) is 16.3. The molecule has 2 fully saturated rings. The van der Waals surface area contributed by atoms with Crippen LogP contribution in [-0.2, 0) is 26.1 Å². The molecule has 12 heteroatoms. The number of sulfonamides is 1. The van der Waals surface area contributed by atoms with Crippen molar-refractivity contribution in [3.63, 3.8) is 0 Å². The van der Waals surface area contributed by atoms with Crippen molar-refractivity contribution in [2.24, 2.45) is 0 Å². The van der Waals surface area contributed by atoms with E-state index in [0.29, 0.717) is 43.2 Å². The van der Waals surface area contributed by atoms with E-state index < -0.39 is 10.0 Å². The Hall–Kier alpha value is -3.97. The number of anilines is 3. The quantitative estimate of drug-likeness (QED) is 0.299. The maximum atomic E-state index is 13.6. The second-order valence-corrected chi connectivity index (χ2v) is 12.7. The molecule has 0 spiro atoms. The first-order chi connectivity index (χ1) is 21.3. The molecule has 0 bridgehead atoms. The summed E-state index contributed by atoms with van der Waals surface area (Å²) in [6.07, 6.45) is 0. The molecule has 3 N–H and O–H groups in total. The average molecular weight is 621 g/mol. The number of hydrogen-bond donors (Lipinski definition) is 3. The lowest BCUT2D eigenvalue weighted by molar-refractivity contribution is -0.114. The molecule has 2 saturated heterocycles. The first-order valence-corrected chi connectivity index (χ1v) is 16.4. The van der Waals surface area contributed by atoms with Gasteiger partial charge in [-0.25, -0.2) is 8.42 Å². The minimum Gasteiger partial charge on any atom is -0.379 e. The first-order valence-electron chi connectivity index (χ1n) is 14.9. The summed E-state index contributed by atoms with van der Waals surface area (Å²) in [5, 5.41) is 5.67. The maximum absolute atomic E-state index is 13.6. The van der Waals surface area contributed by atoms with Gasteiger partial charge in [0.05, 0.1) is 23.7 Å². The molecule has 0 aliphatic carbocycles. The smallest absolute Gasteiger partial charge is 0.261 e. The van der Waals surface area contributed by atoms with Crippen LogP contribution in [0.15, 0.2) is 77.7 Å². The first kappa shape index (κ1) is 31.5. The highest BCUT2D eigenvalue weighted by atomic mass is 32.2. The molecule has 0 atom stereocenters. The molecular formula is C32H40N6O5S. The van der Waals surface area contributed by atoms with Crippen molar-refractivity contribution in [1.29, 1.82) is 0 Å². The van der Waals surface area contributed by atoms with Gasteiger partial charge in [-0.05, 0) is 48.0 Å². The van der Waals surface area contributed by atoms with Crippen LogP contribution >= 0.6 is 0 Å². The summed E-state index contributed by atoms with van der Waals surface area (Å²) in [6.45, 7) is 9.65. The number of benzene rings is 3. The molecule has 5 rings (SSSR count). The lowest BCUT2D eigenvalue weighted by Gasteiger charge is -2.37. The zero-order valence-electron chi connectivity index (χ0n) is 25.0. The van der Waals surface area contributed by atoms with E-state index in [1.165, 1.54) is 36.8 Å². The lowest BCUT2D eigenvalue weighted by Crippen LogP contribution is -2.46. The number of hydrogen-bond acceptors (Lipinski definition) is 8. The molecule has 234 valence electrons. The van der Waals surface area contributed by atoms with Crippen molar-refractivity contribution >= 4 is 38.9 Å². The summed E-state index contributed by atoms with van der Waals surface area (Å²) in [5.74, 6) is -0.493. The van der Waals surface area contributed by atoms with Crippen molar-refractivity contribution in [2.45, 2.75) is 18.4 Å². The Kier molecular flexibility index (Phi) is 10.5. The zero-order valence-corrected chi connectivity index (χ0v) is 25.8. The molecule has 2 aliphatic heterocycles. The molecule has 2 heterocycles. The molecule has 2 amide bonds. The Labute approximate surface area is 259 Å². The number of nitrogens with zero attached hydrogens (tertiary/aromatic N) is 3. The van der Waals surface area contributed by atoms with E-state index in [1.807, 2.05) is 24.3 Å². The van der Waals surface area contributed by atoms with Gasteiger partial charge < -0.3 is 20.3 Å². The van der Waals surface area contributed by atoms with Crippen molar-refractivity contribution in [2.75, 3.05) is 80.5 Å². The molecule has 0 unspecified atom stereocenters. The predicted molar refractivity (Wildman–Crippen MR) is 172 cm³/mol. The number of carbonyl (C=O) groups is 2. The molecule has 0 radical (unpaired) electrons. The van der Waals surface area contributed by atoms with E-state index in [0.717, 1.165) is 51.5 Å². The van der Waals surface area contributed by atoms with Crippen LogP contribution < -0.4 is 20.3 Å². The van der Waals surface area contributed by atoms with Crippen LogP contribution in [0.1, 0.15) is 22.8 Å². The standard InChI is InChI=1S/C32H40N6O5S/c1-25(39)34-27-7-10-29(11-8-27)44(41,42)35-28-9-12-31(30(23-28)32(40)33-13-14-36-19-21-43-22-20-36)38-17-15-37(16-18-38)24-26-5-3-2-4-6-26/h2-12,23,35H,13-22,24H2,1H3,(H,33,40)(H,34,39). The van der Waals surface area contributed by atoms with Gasteiger partial charge in [0.1, 0.15) is 0 Å².